The molecular weight excluding hydrogens is 204 g/mol. The Morgan fingerprint density at radius 3 is 3.07 bits per heavy atom. The van der Waals surface area contributed by atoms with Gasteiger partial charge in [0.1, 0.15) is 6.61 Å². The lowest BCUT2D eigenvalue weighted by Crippen LogP contribution is -1.99. The first-order chi connectivity index (χ1) is 6.66. The maximum Gasteiger partial charge on any atom is 0.107 e. The summed E-state index contributed by atoms with van der Waals surface area (Å²) < 4.78 is 26.5. The van der Waals surface area contributed by atoms with Crippen LogP contribution in [0.1, 0.15) is 30.1 Å². The first-order valence-electron chi connectivity index (χ1n) is 4.42. The molecule has 0 aromatic carbocycles. The molecule has 0 amide bonds. The summed E-state index contributed by atoms with van der Waals surface area (Å²) in [6.45, 7) is 0.0245. The molecule has 5 nitrogen and oxygen atoms in total. The van der Waals surface area contributed by atoms with Crippen LogP contribution in [0, 0.1) is 0 Å². The highest BCUT2D eigenvalue weighted by molar-refractivity contribution is 7.74. The Labute approximate surface area is 84.6 Å². The minimum Gasteiger partial charge on any atom is -0.750 e. The number of aromatic nitrogens is 2. The molecule has 78 valence electrons. The van der Waals surface area contributed by atoms with Gasteiger partial charge in [-0.3, -0.25) is 8.86 Å². The van der Waals surface area contributed by atoms with Crippen LogP contribution in [0.4, 0.5) is 0 Å². The number of nitrogens with zero attached hydrogens (tertiary/aromatic N) is 2. The maximum absolute atomic E-state index is 10.2. The van der Waals surface area contributed by atoms with Gasteiger partial charge in [0.2, 0.25) is 0 Å². The SMILES string of the molecule is Cn1nc(COS(=O)[O-])cc1C1CC1. The van der Waals surface area contributed by atoms with Crippen molar-refractivity contribution in [3.05, 3.63) is 17.5 Å². The fraction of sp³-hybridized carbons (Fsp3) is 0.625. The van der Waals surface area contributed by atoms with Gasteiger partial charge in [0.05, 0.1) is 17.1 Å². The fourth-order valence-electron chi connectivity index (χ4n) is 1.48. The van der Waals surface area contributed by atoms with Crippen molar-refractivity contribution in [2.45, 2.75) is 25.4 Å². The second-order valence-electron chi connectivity index (χ2n) is 3.42. The molecule has 1 atom stereocenters. The van der Waals surface area contributed by atoms with Crippen LogP contribution in [-0.2, 0) is 29.2 Å². The molecule has 1 aromatic rings. The first kappa shape index (κ1) is 9.82. The van der Waals surface area contributed by atoms with Gasteiger partial charge in [-0.2, -0.15) is 5.10 Å². The summed E-state index contributed by atoms with van der Waals surface area (Å²) in [5.74, 6) is 0.610. The lowest BCUT2D eigenvalue weighted by Gasteiger charge is -2.02. The van der Waals surface area contributed by atoms with Crippen molar-refractivity contribution in [2.24, 2.45) is 7.05 Å². The first-order valence-corrected chi connectivity index (χ1v) is 5.42. The Hall–Kier alpha value is -0.720. The Morgan fingerprint density at radius 2 is 2.50 bits per heavy atom. The van der Waals surface area contributed by atoms with Gasteiger partial charge in [-0.05, 0) is 18.9 Å². The fourth-order valence-corrected chi connectivity index (χ4v) is 1.70. The minimum absolute atomic E-state index is 0.0245. The second kappa shape index (κ2) is 3.80. The third kappa shape index (κ3) is 2.20. The summed E-state index contributed by atoms with van der Waals surface area (Å²) in [6.07, 6.45) is 2.40. The molecule has 6 heteroatoms. The van der Waals surface area contributed by atoms with Crippen LogP contribution < -0.4 is 0 Å². The lowest BCUT2D eigenvalue weighted by molar-refractivity contribution is 0.286. The van der Waals surface area contributed by atoms with Crippen LogP contribution in [-0.4, -0.2) is 18.5 Å². The third-order valence-electron chi connectivity index (χ3n) is 2.27. The summed E-state index contributed by atoms with van der Waals surface area (Å²) in [7, 11) is 1.87. The molecule has 0 bridgehead atoms. The predicted molar refractivity (Wildman–Crippen MR) is 48.9 cm³/mol. The quantitative estimate of drug-likeness (QED) is 0.690. The topological polar surface area (TPSA) is 67.2 Å². The highest BCUT2D eigenvalue weighted by atomic mass is 32.2. The van der Waals surface area contributed by atoms with Crippen molar-refractivity contribution >= 4 is 11.4 Å². The van der Waals surface area contributed by atoms with E-state index in [1.807, 2.05) is 13.1 Å². The molecule has 1 aromatic heterocycles. The summed E-state index contributed by atoms with van der Waals surface area (Å²) in [6, 6.07) is 1.91. The van der Waals surface area contributed by atoms with E-state index in [0.29, 0.717) is 11.6 Å². The molecule has 1 unspecified atom stereocenters. The average molecular weight is 215 g/mol. The Balaban J connectivity index is 2.04. The summed E-state index contributed by atoms with van der Waals surface area (Å²) in [4.78, 5) is 0. The van der Waals surface area contributed by atoms with Gasteiger partial charge >= 0.3 is 0 Å². The molecule has 1 saturated carbocycles. The smallest absolute Gasteiger partial charge is 0.107 e. The molecular formula is C8H11N2O3S-. The highest BCUT2D eigenvalue weighted by Crippen LogP contribution is 2.39. The van der Waals surface area contributed by atoms with Crippen LogP contribution in [0.5, 0.6) is 0 Å². The van der Waals surface area contributed by atoms with E-state index >= 15 is 0 Å². The minimum atomic E-state index is -2.46. The molecule has 2 rings (SSSR count). The van der Waals surface area contributed by atoms with Crippen LogP contribution in [0.15, 0.2) is 6.07 Å². The third-order valence-corrected chi connectivity index (χ3v) is 2.58. The molecule has 0 saturated heterocycles. The van der Waals surface area contributed by atoms with Crippen molar-refractivity contribution < 1.29 is 12.9 Å². The van der Waals surface area contributed by atoms with Gasteiger partial charge in [-0.25, -0.2) is 4.21 Å². The van der Waals surface area contributed by atoms with Gasteiger partial charge < -0.3 is 4.55 Å². The zero-order chi connectivity index (χ0) is 10.1. The maximum atomic E-state index is 10.2. The molecule has 1 fully saturated rings. The van der Waals surface area contributed by atoms with Crippen molar-refractivity contribution in [2.75, 3.05) is 0 Å². The van der Waals surface area contributed by atoms with Gasteiger partial charge in [-0.1, -0.05) is 0 Å². The lowest BCUT2D eigenvalue weighted by atomic mass is 10.3. The van der Waals surface area contributed by atoms with Crippen LogP contribution in [0.25, 0.3) is 0 Å². The normalized spacial score (nSPS) is 18.4. The molecule has 0 radical (unpaired) electrons. The van der Waals surface area contributed by atoms with Gasteiger partial charge in [0.25, 0.3) is 0 Å². The van der Waals surface area contributed by atoms with Crippen molar-refractivity contribution in [3.63, 3.8) is 0 Å². The van der Waals surface area contributed by atoms with Gasteiger partial charge in [0.15, 0.2) is 0 Å². The monoisotopic (exact) mass is 215 g/mol. The summed E-state index contributed by atoms with van der Waals surface area (Å²) in [5, 5.41) is 4.16. The van der Waals surface area contributed by atoms with E-state index in [2.05, 4.69) is 9.28 Å². The number of hydrogen-bond donors (Lipinski definition) is 0. The Bertz CT molecular complexity index is 359. The molecule has 1 aliphatic carbocycles. The molecule has 0 N–H and O–H groups in total. The largest absolute Gasteiger partial charge is 0.750 e. The number of hydrogen-bond acceptors (Lipinski definition) is 4. The van der Waals surface area contributed by atoms with E-state index in [0.717, 1.165) is 0 Å². The summed E-state index contributed by atoms with van der Waals surface area (Å²) >= 11 is -2.46. The van der Waals surface area contributed by atoms with E-state index in [1.165, 1.54) is 18.5 Å². The van der Waals surface area contributed by atoms with Gasteiger partial charge in [-0.15, -0.1) is 0 Å². The average Bonchev–Trinajstić information content (AvgIpc) is 2.88. The van der Waals surface area contributed by atoms with Crippen molar-refractivity contribution in [1.82, 2.24) is 9.78 Å². The van der Waals surface area contributed by atoms with Crippen LogP contribution >= 0.6 is 0 Å². The van der Waals surface area contributed by atoms with E-state index in [4.69, 9.17) is 0 Å². The van der Waals surface area contributed by atoms with Crippen molar-refractivity contribution in [1.29, 1.82) is 0 Å². The van der Waals surface area contributed by atoms with Crippen LogP contribution in [0.3, 0.4) is 0 Å². The molecule has 1 aliphatic rings. The Morgan fingerprint density at radius 1 is 1.79 bits per heavy atom. The number of aryl methyl sites for hydroxylation is 1. The summed E-state index contributed by atoms with van der Waals surface area (Å²) in [5.41, 5.74) is 1.83. The zero-order valence-corrected chi connectivity index (χ0v) is 8.62. The standard InChI is InChI=1S/C8H12N2O3S/c1-10-8(6-2-3-6)4-7(9-10)5-13-14(11)12/h4,6H,2-3,5H2,1H3,(H,11,12)/p-1. The van der Waals surface area contributed by atoms with E-state index in [1.54, 1.807) is 4.68 Å². The van der Waals surface area contributed by atoms with Gasteiger partial charge in [0, 0.05) is 18.7 Å². The second-order valence-corrected chi connectivity index (χ2v) is 4.07. The van der Waals surface area contributed by atoms with Crippen molar-refractivity contribution in [3.8, 4) is 0 Å². The molecule has 1 heterocycles. The molecule has 0 aliphatic heterocycles. The van der Waals surface area contributed by atoms with E-state index in [9.17, 15) is 8.76 Å². The Kier molecular flexibility index (Phi) is 2.66. The highest BCUT2D eigenvalue weighted by Gasteiger charge is 2.27. The van der Waals surface area contributed by atoms with Crippen LogP contribution in [0.2, 0.25) is 0 Å². The zero-order valence-electron chi connectivity index (χ0n) is 7.80. The van der Waals surface area contributed by atoms with E-state index in [-0.39, 0.29) is 6.61 Å². The molecule has 0 spiro atoms. The van der Waals surface area contributed by atoms with E-state index < -0.39 is 11.4 Å². The number of rotatable bonds is 4. The predicted octanol–water partition coefficient (Wildman–Crippen LogP) is 0.608. The molecule has 14 heavy (non-hydrogen) atoms.